The molecule has 3 aromatic rings. The highest BCUT2D eigenvalue weighted by atomic mass is 32.2. The zero-order valence-electron chi connectivity index (χ0n) is 18.7. The van der Waals surface area contributed by atoms with Crippen molar-refractivity contribution in [3.8, 4) is 5.75 Å². The Morgan fingerprint density at radius 2 is 1.91 bits per heavy atom. The minimum absolute atomic E-state index is 0.0886. The Labute approximate surface area is 192 Å². The quantitative estimate of drug-likeness (QED) is 0.271. The molecular formula is C24H29N3O4S. The Hall–Kier alpha value is -2.84. The smallest absolute Gasteiger partial charge is 0.262 e. The molecule has 170 valence electrons. The number of para-hydroxylation sites is 1. The molecule has 0 saturated carbocycles. The van der Waals surface area contributed by atoms with E-state index in [0.29, 0.717) is 42.2 Å². The number of aromatic nitrogens is 2. The van der Waals surface area contributed by atoms with Gasteiger partial charge in [-0.2, -0.15) is 0 Å². The van der Waals surface area contributed by atoms with E-state index in [2.05, 4.69) is 10.3 Å². The van der Waals surface area contributed by atoms with Crippen LogP contribution >= 0.6 is 11.8 Å². The molecule has 0 aliphatic carbocycles. The Bertz CT molecular complexity index is 1100. The number of nitrogens with one attached hydrogen (secondary N) is 1. The van der Waals surface area contributed by atoms with E-state index in [9.17, 15) is 9.59 Å². The van der Waals surface area contributed by atoms with Gasteiger partial charge in [0.25, 0.3) is 5.56 Å². The number of hydrogen-bond acceptors (Lipinski definition) is 6. The molecule has 1 amide bonds. The number of fused-ring (bicyclic) bond motifs is 1. The lowest BCUT2D eigenvalue weighted by Gasteiger charge is -2.16. The lowest BCUT2D eigenvalue weighted by atomic mass is 10.1. The van der Waals surface area contributed by atoms with E-state index in [1.165, 1.54) is 11.8 Å². The number of nitrogens with zero attached hydrogens (tertiary/aromatic N) is 2. The molecule has 0 radical (unpaired) electrons. The fourth-order valence-corrected chi connectivity index (χ4v) is 4.24. The number of ether oxygens (including phenoxy) is 2. The highest BCUT2D eigenvalue weighted by Gasteiger charge is 2.19. The number of methoxy groups -OCH3 is 2. The Morgan fingerprint density at radius 1 is 1.16 bits per heavy atom. The van der Waals surface area contributed by atoms with E-state index < -0.39 is 5.25 Å². The van der Waals surface area contributed by atoms with Crippen molar-refractivity contribution in [1.29, 1.82) is 0 Å². The van der Waals surface area contributed by atoms with Gasteiger partial charge >= 0.3 is 0 Å². The predicted octanol–water partition coefficient (Wildman–Crippen LogP) is 3.28. The summed E-state index contributed by atoms with van der Waals surface area (Å²) in [6, 6.07) is 15.1. The van der Waals surface area contributed by atoms with Crippen molar-refractivity contribution in [3.63, 3.8) is 0 Å². The summed E-state index contributed by atoms with van der Waals surface area (Å²) in [6.07, 6.45) is 1.41. The van der Waals surface area contributed by atoms with Gasteiger partial charge in [0.1, 0.15) is 5.75 Å². The van der Waals surface area contributed by atoms with Crippen molar-refractivity contribution < 1.29 is 14.3 Å². The largest absolute Gasteiger partial charge is 0.497 e. The van der Waals surface area contributed by atoms with Crippen LogP contribution < -0.4 is 15.6 Å². The van der Waals surface area contributed by atoms with Gasteiger partial charge in [-0.25, -0.2) is 4.98 Å². The molecule has 3 rings (SSSR count). The molecule has 0 saturated heterocycles. The first-order chi connectivity index (χ1) is 15.5. The molecule has 0 spiro atoms. The highest BCUT2D eigenvalue weighted by Crippen LogP contribution is 2.23. The fourth-order valence-electron chi connectivity index (χ4n) is 3.28. The topological polar surface area (TPSA) is 82.4 Å². The molecule has 1 unspecified atom stereocenters. The van der Waals surface area contributed by atoms with Crippen LogP contribution in [0.3, 0.4) is 0 Å². The summed E-state index contributed by atoms with van der Waals surface area (Å²) >= 11 is 1.30. The molecule has 1 aromatic heterocycles. The molecule has 8 heteroatoms. The Morgan fingerprint density at radius 3 is 2.62 bits per heavy atom. The highest BCUT2D eigenvalue weighted by molar-refractivity contribution is 8.00. The van der Waals surface area contributed by atoms with Crippen LogP contribution in [0.15, 0.2) is 58.5 Å². The van der Waals surface area contributed by atoms with E-state index in [4.69, 9.17) is 9.47 Å². The van der Waals surface area contributed by atoms with Crippen LogP contribution in [0, 0.1) is 0 Å². The van der Waals surface area contributed by atoms with E-state index in [1.54, 1.807) is 24.9 Å². The van der Waals surface area contributed by atoms with Gasteiger partial charge in [0, 0.05) is 26.8 Å². The third-order valence-corrected chi connectivity index (χ3v) is 6.17. The van der Waals surface area contributed by atoms with Crippen LogP contribution in [-0.4, -0.2) is 48.1 Å². The van der Waals surface area contributed by atoms with Gasteiger partial charge in [-0.15, -0.1) is 0 Å². The molecule has 1 N–H and O–H groups in total. The van der Waals surface area contributed by atoms with Crippen LogP contribution in [0.2, 0.25) is 0 Å². The third kappa shape index (κ3) is 6.11. The lowest BCUT2D eigenvalue weighted by molar-refractivity contribution is -0.120. The van der Waals surface area contributed by atoms with Gasteiger partial charge in [0.15, 0.2) is 5.16 Å². The van der Waals surface area contributed by atoms with Crippen LogP contribution in [0.4, 0.5) is 0 Å². The molecule has 1 heterocycles. The number of amides is 1. The van der Waals surface area contributed by atoms with Gasteiger partial charge < -0.3 is 14.8 Å². The maximum Gasteiger partial charge on any atom is 0.262 e. The maximum absolute atomic E-state index is 13.0. The summed E-state index contributed by atoms with van der Waals surface area (Å²) in [5.74, 6) is 0.719. The first-order valence-electron chi connectivity index (χ1n) is 10.6. The molecule has 0 bridgehead atoms. The van der Waals surface area contributed by atoms with Crippen molar-refractivity contribution in [2.75, 3.05) is 27.4 Å². The SMILES string of the molecule is COCCCn1c(SC(C)C(=O)NCCc2ccc(OC)cc2)nc2ccccc2c1=O. The normalized spacial score (nSPS) is 12.0. The number of benzene rings is 2. The van der Waals surface area contributed by atoms with E-state index in [0.717, 1.165) is 17.7 Å². The second-order valence-electron chi connectivity index (χ2n) is 7.36. The minimum atomic E-state index is -0.396. The van der Waals surface area contributed by atoms with Crippen LogP contribution in [0.5, 0.6) is 5.75 Å². The summed E-state index contributed by atoms with van der Waals surface area (Å²) in [6.45, 7) is 3.39. The van der Waals surface area contributed by atoms with Crippen molar-refractivity contribution in [2.45, 2.75) is 36.7 Å². The molecule has 0 fully saturated rings. The summed E-state index contributed by atoms with van der Waals surface area (Å²) in [7, 11) is 3.27. The monoisotopic (exact) mass is 455 g/mol. The summed E-state index contributed by atoms with van der Waals surface area (Å²) in [4.78, 5) is 30.4. The van der Waals surface area contributed by atoms with Crippen LogP contribution in [0.1, 0.15) is 18.9 Å². The average Bonchev–Trinajstić information content (AvgIpc) is 2.81. The number of carbonyl (C=O) groups excluding carboxylic acids is 1. The van der Waals surface area contributed by atoms with Gasteiger partial charge in [-0.05, 0) is 49.6 Å². The zero-order valence-corrected chi connectivity index (χ0v) is 19.5. The number of rotatable bonds is 11. The average molecular weight is 456 g/mol. The van der Waals surface area contributed by atoms with Crippen LogP contribution in [0.25, 0.3) is 10.9 Å². The number of carbonyl (C=O) groups is 1. The molecule has 7 nitrogen and oxygen atoms in total. The lowest BCUT2D eigenvalue weighted by Crippen LogP contribution is -2.33. The number of hydrogen-bond donors (Lipinski definition) is 1. The number of thioether (sulfide) groups is 1. The first-order valence-corrected chi connectivity index (χ1v) is 11.5. The van der Waals surface area contributed by atoms with E-state index >= 15 is 0 Å². The van der Waals surface area contributed by atoms with Gasteiger partial charge in [-0.3, -0.25) is 14.2 Å². The Balaban J connectivity index is 1.67. The van der Waals surface area contributed by atoms with Crippen molar-refractivity contribution >= 4 is 28.6 Å². The fraction of sp³-hybridized carbons (Fsp3) is 0.375. The summed E-state index contributed by atoms with van der Waals surface area (Å²) < 4.78 is 11.9. The zero-order chi connectivity index (χ0) is 22.9. The Kier molecular flexibility index (Phi) is 8.70. The summed E-state index contributed by atoms with van der Waals surface area (Å²) in [5.41, 5.74) is 1.66. The second-order valence-corrected chi connectivity index (χ2v) is 8.67. The van der Waals surface area contributed by atoms with Crippen LogP contribution in [-0.2, 0) is 22.5 Å². The predicted molar refractivity (Wildman–Crippen MR) is 128 cm³/mol. The third-order valence-electron chi connectivity index (χ3n) is 5.08. The minimum Gasteiger partial charge on any atom is -0.497 e. The van der Waals surface area contributed by atoms with Crippen molar-refractivity contribution in [1.82, 2.24) is 14.9 Å². The maximum atomic E-state index is 13.0. The molecule has 1 atom stereocenters. The van der Waals surface area contributed by atoms with Gasteiger partial charge in [-0.1, -0.05) is 36.0 Å². The molecule has 2 aromatic carbocycles. The summed E-state index contributed by atoms with van der Waals surface area (Å²) in [5, 5.41) is 3.70. The van der Waals surface area contributed by atoms with Crippen molar-refractivity contribution in [3.05, 3.63) is 64.4 Å². The molecule has 32 heavy (non-hydrogen) atoms. The first kappa shape index (κ1) is 23.8. The van der Waals surface area contributed by atoms with Gasteiger partial charge in [0.05, 0.1) is 23.3 Å². The van der Waals surface area contributed by atoms with E-state index in [-0.39, 0.29) is 11.5 Å². The molecule has 0 aliphatic rings. The van der Waals surface area contributed by atoms with Gasteiger partial charge in [0.2, 0.25) is 5.91 Å². The molecule has 0 aliphatic heterocycles. The molecular weight excluding hydrogens is 426 g/mol. The van der Waals surface area contributed by atoms with E-state index in [1.807, 2.05) is 49.4 Å². The second kappa shape index (κ2) is 11.7. The standard InChI is InChI=1S/C24H29N3O4S/c1-17(22(28)25-14-13-18-9-11-19(31-3)12-10-18)32-24-26-21-8-5-4-7-20(21)23(29)27(24)15-6-16-30-2/h4-5,7-12,17H,6,13-16H2,1-3H3,(H,25,28). The van der Waals surface area contributed by atoms with Crippen molar-refractivity contribution in [2.24, 2.45) is 0 Å².